The molecule has 1 aliphatic heterocycles. The summed E-state index contributed by atoms with van der Waals surface area (Å²) < 4.78 is 0. The molecule has 2 fully saturated rings. The molecule has 1 heterocycles. The van der Waals surface area contributed by atoms with Gasteiger partial charge in [-0.1, -0.05) is 29.8 Å². The van der Waals surface area contributed by atoms with Gasteiger partial charge in [-0.15, -0.1) is 0 Å². The number of hydrogen-bond acceptors (Lipinski definition) is 2. The molecule has 112 valence electrons. The number of nitrogens with one attached hydrogen (secondary N) is 1. The predicted octanol–water partition coefficient (Wildman–Crippen LogP) is 2.53. The molecule has 0 bridgehead atoms. The van der Waals surface area contributed by atoms with Crippen LogP contribution in [0.3, 0.4) is 0 Å². The summed E-state index contributed by atoms with van der Waals surface area (Å²) in [5, 5.41) is 3.54. The number of carbonyl (C=O) groups excluding carboxylic acids is 2. The molecule has 1 aliphatic carbocycles. The van der Waals surface area contributed by atoms with Crippen LogP contribution in [0.1, 0.15) is 37.8 Å². The topological polar surface area (TPSA) is 49.4 Å². The van der Waals surface area contributed by atoms with Crippen LogP contribution in [0, 0.1) is 5.92 Å². The zero-order valence-electron chi connectivity index (χ0n) is 12.0. The van der Waals surface area contributed by atoms with E-state index in [0.29, 0.717) is 23.9 Å². The van der Waals surface area contributed by atoms with Crippen LogP contribution >= 0.6 is 11.6 Å². The monoisotopic (exact) mass is 306 g/mol. The summed E-state index contributed by atoms with van der Waals surface area (Å²) in [6, 6.07) is 7.08. The van der Waals surface area contributed by atoms with Crippen molar-refractivity contribution < 1.29 is 9.59 Å². The third-order valence-electron chi connectivity index (χ3n) is 4.36. The Morgan fingerprint density at radius 3 is 2.67 bits per heavy atom. The normalized spacial score (nSPS) is 24.5. The SMILES string of the molecule is CC(c1ccccc1Cl)N1CCC(=O)NC(C2CC2)C1=O. The molecule has 2 amide bonds. The van der Waals surface area contributed by atoms with Crippen molar-refractivity contribution in [3.05, 3.63) is 34.9 Å². The maximum atomic E-state index is 12.8. The Morgan fingerprint density at radius 2 is 2.00 bits per heavy atom. The molecule has 2 unspecified atom stereocenters. The standard InChI is InChI=1S/C16H19ClN2O2/c1-10(12-4-2-3-5-13(12)17)19-9-8-14(20)18-15(16(19)21)11-6-7-11/h2-5,10-11,15H,6-9H2,1H3,(H,18,20). The molecule has 5 heteroatoms. The van der Waals surface area contributed by atoms with Crippen LogP contribution in [0.25, 0.3) is 0 Å². The Kier molecular flexibility index (Phi) is 3.89. The van der Waals surface area contributed by atoms with Crippen molar-refractivity contribution in [3.8, 4) is 0 Å². The first-order valence-corrected chi connectivity index (χ1v) is 7.80. The highest BCUT2D eigenvalue weighted by atomic mass is 35.5. The summed E-state index contributed by atoms with van der Waals surface area (Å²) >= 11 is 6.25. The van der Waals surface area contributed by atoms with Crippen molar-refractivity contribution in [1.29, 1.82) is 0 Å². The highest BCUT2D eigenvalue weighted by Gasteiger charge is 2.42. The highest BCUT2D eigenvalue weighted by molar-refractivity contribution is 6.31. The Hall–Kier alpha value is -1.55. The van der Waals surface area contributed by atoms with Gasteiger partial charge in [-0.25, -0.2) is 0 Å². The molecule has 1 N–H and O–H groups in total. The van der Waals surface area contributed by atoms with E-state index in [1.165, 1.54) is 0 Å². The molecule has 0 radical (unpaired) electrons. The zero-order chi connectivity index (χ0) is 15.0. The van der Waals surface area contributed by atoms with Crippen LogP contribution < -0.4 is 5.32 Å². The lowest BCUT2D eigenvalue weighted by molar-refractivity contribution is -0.136. The van der Waals surface area contributed by atoms with Crippen LogP contribution in [0.5, 0.6) is 0 Å². The molecule has 4 nitrogen and oxygen atoms in total. The van der Waals surface area contributed by atoms with E-state index in [-0.39, 0.29) is 23.9 Å². The molecule has 3 rings (SSSR count). The van der Waals surface area contributed by atoms with Crippen LogP contribution in [0.2, 0.25) is 5.02 Å². The Bertz CT molecular complexity index is 571. The van der Waals surface area contributed by atoms with Crippen molar-refractivity contribution in [1.82, 2.24) is 10.2 Å². The molecule has 21 heavy (non-hydrogen) atoms. The van der Waals surface area contributed by atoms with Gasteiger partial charge in [0.25, 0.3) is 0 Å². The van der Waals surface area contributed by atoms with Gasteiger partial charge in [0.1, 0.15) is 6.04 Å². The van der Waals surface area contributed by atoms with Crippen LogP contribution in [0.15, 0.2) is 24.3 Å². The summed E-state index contributed by atoms with van der Waals surface area (Å²) in [7, 11) is 0. The molecule has 0 spiro atoms. The molecule has 1 saturated carbocycles. The molecule has 1 aromatic rings. The van der Waals surface area contributed by atoms with Gasteiger partial charge in [0.2, 0.25) is 11.8 Å². The van der Waals surface area contributed by atoms with E-state index in [9.17, 15) is 9.59 Å². The fourth-order valence-electron chi connectivity index (χ4n) is 2.93. The van der Waals surface area contributed by atoms with Gasteiger partial charge >= 0.3 is 0 Å². The minimum atomic E-state index is -0.357. The van der Waals surface area contributed by atoms with Gasteiger partial charge in [0.05, 0.1) is 6.04 Å². The third-order valence-corrected chi connectivity index (χ3v) is 4.71. The minimum Gasteiger partial charge on any atom is -0.344 e. The van der Waals surface area contributed by atoms with E-state index in [4.69, 9.17) is 11.6 Å². The number of halogens is 1. The van der Waals surface area contributed by atoms with Crippen LogP contribution in [0.4, 0.5) is 0 Å². The van der Waals surface area contributed by atoms with Crippen molar-refractivity contribution in [2.45, 2.75) is 38.3 Å². The zero-order valence-corrected chi connectivity index (χ0v) is 12.8. The lowest BCUT2D eigenvalue weighted by atomic mass is 10.0. The van der Waals surface area contributed by atoms with Crippen molar-refractivity contribution in [2.75, 3.05) is 6.54 Å². The maximum absolute atomic E-state index is 12.8. The lowest BCUT2D eigenvalue weighted by Gasteiger charge is -2.30. The number of amides is 2. The molecule has 2 atom stereocenters. The second kappa shape index (κ2) is 5.68. The van der Waals surface area contributed by atoms with Gasteiger partial charge in [-0.2, -0.15) is 0 Å². The van der Waals surface area contributed by atoms with E-state index in [2.05, 4.69) is 5.32 Å². The summed E-state index contributed by atoms with van der Waals surface area (Å²) in [6.45, 7) is 2.42. The van der Waals surface area contributed by atoms with Gasteiger partial charge < -0.3 is 10.2 Å². The smallest absolute Gasteiger partial charge is 0.245 e. The summed E-state index contributed by atoms with van der Waals surface area (Å²) in [6.07, 6.45) is 2.39. The number of benzene rings is 1. The first kappa shape index (κ1) is 14.4. The van der Waals surface area contributed by atoms with E-state index in [0.717, 1.165) is 18.4 Å². The first-order chi connectivity index (χ1) is 10.1. The number of hydrogen-bond donors (Lipinski definition) is 1. The quantitative estimate of drug-likeness (QED) is 0.933. The van der Waals surface area contributed by atoms with Crippen molar-refractivity contribution in [3.63, 3.8) is 0 Å². The first-order valence-electron chi connectivity index (χ1n) is 7.42. The van der Waals surface area contributed by atoms with Gasteiger partial charge in [-0.05, 0) is 37.3 Å². The Labute approximate surface area is 129 Å². The number of carbonyl (C=O) groups is 2. The van der Waals surface area contributed by atoms with E-state index in [1.54, 1.807) is 4.90 Å². The largest absolute Gasteiger partial charge is 0.344 e. The molecule has 1 saturated heterocycles. The molecular weight excluding hydrogens is 288 g/mol. The Morgan fingerprint density at radius 1 is 1.29 bits per heavy atom. The van der Waals surface area contributed by atoms with E-state index in [1.807, 2.05) is 31.2 Å². The van der Waals surface area contributed by atoms with E-state index >= 15 is 0 Å². The molecular formula is C16H19ClN2O2. The van der Waals surface area contributed by atoms with Crippen LogP contribution in [-0.2, 0) is 9.59 Å². The highest BCUT2D eigenvalue weighted by Crippen LogP contribution is 2.36. The maximum Gasteiger partial charge on any atom is 0.245 e. The van der Waals surface area contributed by atoms with Gasteiger partial charge in [0.15, 0.2) is 0 Å². The Balaban J connectivity index is 1.87. The average molecular weight is 307 g/mol. The van der Waals surface area contributed by atoms with Gasteiger partial charge in [0, 0.05) is 18.0 Å². The van der Waals surface area contributed by atoms with E-state index < -0.39 is 0 Å². The summed E-state index contributed by atoms with van der Waals surface area (Å²) in [4.78, 5) is 26.4. The fraction of sp³-hybridized carbons (Fsp3) is 0.500. The second-order valence-electron chi connectivity index (χ2n) is 5.86. The molecule has 2 aliphatic rings. The lowest BCUT2D eigenvalue weighted by Crippen LogP contribution is -2.46. The minimum absolute atomic E-state index is 0.0239. The average Bonchev–Trinajstić information content (AvgIpc) is 3.29. The molecule has 0 aromatic heterocycles. The predicted molar refractivity (Wildman–Crippen MR) is 80.9 cm³/mol. The number of nitrogens with zero attached hydrogens (tertiary/aromatic N) is 1. The van der Waals surface area contributed by atoms with Crippen LogP contribution in [-0.4, -0.2) is 29.3 Å². The fourth-order valence-corrected chi connectivity index (χ4v) is 3.23. The van der Waals surface area contributed by atoms with Crippen molar-refractivity contribution >= 4 is 23.4 Å². The summed E-state index contributed by atoms with van der Waals surface area (Å²) in [5.74, 6) is 0.297. The third kappa shape index (κ3) is 2.91. The number of rotatable bonds is 3. The second-order valence-corrected chi connectivity index (χ2v) is 6.27. The molecule has 1 aromatic carbocycles. The summed E-state index contributed by atoms with van der Waals surface area (Å²) in [5.41, 5.74) is 0.927. The van der Waals surface area contributed by atoms with Gasteiger partial charge in [-0.3, -0.25) is 9.59 Å². The van der Waals surface area contributed by atoms with Crippen molar-refractivity contribution in [2.24, 2.45) is 5.92 Å².